The van der Waals surface area contributed by atoms with E-state index in [9.17, 15) is 19.5 Å². The number of hydrogen-bond donors (Lipinski definition) is 2. The fraction of sp³-hybridized carbons (Fsp3) is 0.474. The highest BCUT2D eigenvalue weighted by Crippen LogP contribution is 2.33. The maximum Gasteiger partial charge on any atom is 0.337 e. The Hall–Kier alpha value is -3.42. The lowest BCUT2D eigenvalue weighted by Gasteiger charge is -2.19. The minimum Gasteiger partial charge on any atom is -0.459 e. The Bertz CT molecular complexity index is 1000. The van der Waals surface area contributed by atoms with E-state index in [1.54, 1.807) is 19.1 Å². The van der Waals surface area contributed by atoms with E-state index in [0.29, 0.717) is 12.1 Å². The first kappa shape index (κ1) is 23.2. The Balaban J connectivity index is 1.57. The molecular weight excluding hydrogens is 426 g/mol. The summed E-state index contributed by atoms with van der Waals surface area (Å²) in [7, 11) is 0. The van der Waals surface area contributed by atoms with Gasteiger partial charge in [-0.3, -0.25) is 14.4 Å². The van der Waals surface area contributed by atoms with E-state index in [4.69, 9.17) is 19.1 Å². The third kappa shape index (κ3) is 6.54. The molecule has 3 atom stereocenters. The number of ether oxygens (including phenoxy) is 2. The second-order valence-corrected chi connectivity index (χ2v) is 7.19. The lowest BCUT2D eigenvalue weighted by Crippen LogP contribution is -2.36. The number of nitrogens with one attached hydrogen (secondary N) is 1. The van der Waals surface area contributed by atoms with Crippen LogP contribution in [0.15, 0.2) is 30.5 Å². The van der Waals surface area contributed by atoms with E-state index in [2.05, 4.69) is 20.8 Å². The third-order valence-electron chi connectivity index (χ3n) is 4.40. The minimum absolute atomic E-state index is 0.128. The minimum atomic E-state index is -0.872. The van der Waals surface area contributed by atoms with E-state index in [-0.39, 0.29) is 25.1 Å². The number of carbonyl (C=O) groups excluding carboxylic acids is 3. The average Bonchev–Trinajstić information content (AvgIpc) is 3.42. The van der Waals surface area contributed by atoms with Crippen LogP contribution >= 0.6 is 0 Å². The predicted molar refractivity (Wildman–Crippen MR) is 105 cm³/mol. The summed E-state index contributed by atoms with van der Waals surface area (Å²) in [6, 6.07) is 3.33. The molecule has 1 saturated heterocycles. The molecule has 0 aliphatic carbocycles. The Morgan fingerprint density at radius 2 is 2.22 bits per heavy atom. The fourth-order valence-electron chi connectivity index (χ4n) is 2.77. The molecule has 13 heteroatoms. The van der Waals surface area contributed by atoms with Crippen molar-refractivity contribution in [2.75, 3.05) is 13.2 Å². The summed E-state index contributed by atoms with van der Waals surface area (Å²) in [5.74, 6) is -1.84. The van der Waals surface area contributed by atoms with Crippen molar-refractivity contribution in [3.63, 3.8) is 0 Å². The van der Waals surface area contributed by atoms with Crippen molar-refractivity contribution in [3.8, 4) is 0 Å². The number of nitrogens with zero attached hydrogens (tertiary/aromatic N) is 4. The van der Waals surface area contributed by atoms with Crippen molar-refractivity contribution >= 4 is 29.0 Å². The predicted octanol–water partition coefficient (Wildman–Crippen LogP) is -0.753. The molecule has 172 valence electrons. The van der Waals surface area contributed by atoms with E-state index >= 15 is 0 Å². The first-order valence-corrected chi connectivity index (χ1v) is 9.74. The molecule has 32 heavy (non-hydrogen) atoms. The number of pyridine rings is 1. The van der Waals surface area contributed by atoms with E-state index in [1.807, 2.05) is 0 Å². The van der Waals surface area contributed by atoms with Gasteiger partial charge in [-0.25, -0.2) is 15.3 Å². The van der Waals surface area contributed by atoms with Gasteiger partial charge in [0.1, 0.15) is 17.2 Å². The van der Waals surface area contributed by atoms with E-state index < -0.39 is 35.7 Å². The highest BCUT2D eigenvalue weighted by molar-refractivity contribution is 5.86. The maximum atomic E-state index is 12.4. The number of esters is 1. The third-order valence-corrected chi connectivity index (χ3v) is 4.40. The SMILES string of the molecule is CC(=O)O[C@@H](C)/C=C\C(=O)NO[C@H](CC(=O)On1nnc2cccnc21)C[C@]1(CO)CO1. The van der Waals surface area contributed by atoms with Crippen LogP contribution in [0.3, 0.4) is 0 Å². The Morgan fingerprint density at radius 1 is 1.44 bits per heavy atom. The Kier molecular flexibility index (Phi) is 7.45. The van der Waals surface area contributed by atoms with Crippen molar-refractivity contribution in [1.82, 2.24) is 25.6 Å². The molecule has 13 nitrogen and oxygen atoms in total. The van der Waals surface area contributed by atoms with Crippen molar-refractivity contribution < 1.29 is 38.6 Å². The van der Waals surface area contributed by atoms with Crippen LogP contribution in [0.4, 0.5) is 0 Å². The van der Waals surface area contributed by atoms with Gasteiger partial charge in [-0.2, -0.15) is 0 Å². The van der Waals surface area contributed by atoms with E-state index in [1.165, 1.54) is 19.2 Å². The van der Waals surface area contributed by atoms with Crippen LogP contribution in [-0.4, -0.2) is 74.1 Å². The molecule has 1 aliphatic heterocycles. The molecule has 3 heterocycles. The number of hydrogen-bond acceptors (Lipinski definition) is 11. The number of aromatic nitrogens is 4. The van der Waals surface area contributed by atoms with Gasteiger partial charge < -0.3 is 19.4 Å². The molecule has 0 radical (unpaired) electrons. The zero-order valence-electron chi connectivity index (χ0n) is 17.5. The number of amides is 1. The number of aliphatic hydroxyl groups excluding tert-OH is 1. The Labute approximate surface area is 182 Å². The molecule has 3 rings (SSSR count). The second-order valence-electron chi connectivity index (χ2n) is 7.19. The molecule has 1 aliphatic rings. The van der Waals surface area contributed by atoms with Crippen molar-refractivity contribution in [2.24, 2.45) is 0 Å². The summed E-state index contributed by atoms with van der Waals surface area (Å²) < 4.78 is 10.1. The quantitative estimate of drug-likeness (QED) is 0.146. The van der Waals surface area contributed by atoms with Crippen LogP contribution in [0.1, 0.15) is 26.7 Å². The lowest BCUT2D eigenvalue weighted by molar-refractivity contribution is -0.154. The van der Waals surface area contributed by atoms with Crippen molar-refractivity contribution in [3.05, 3.63) is 30.5 Å². The average molecular weight is 449 g/mol. The highest BCUT2D eigenvalue weighted by atomic mass is 16.7. The lowest BCUT2D eigenvalue weighted by atomic mass is 10.0. The van der Waals surface area contributed by atoms with Crippen molar-refractivity contribution in [1.29, 1.82) is 0 Å². The Morgan fingerprint density at radius 3 is 2.91 bits per heavy atom. The standard InChI is InChI=1S/C19H23N5O8/c1-12(30-13(2)26)5-6-16(27)22-31-14(9-19(10-25)11-29-19)8-17(28)32-24-18-15(21-23-24)4-3-7-20-18/h3-7,12,14,25H,8-11H2,1-2H3,(H,22,27)/b6-5-/t12-,14+,19-/m0/s1. The number of aliphatic hydroxyl groups is 1. The van der Waals surface area contributed by atoms with Crippen LogP contribution in [0.2, 0.25) is 0 Å². The van der Waals surface area contributed by atoms with Crippen LogP contribution in [0.25, 0.3) is 11.2 Å². The van der Waals surface area contributed by atoms with Gasteiger partial charge in [0, 0.05) is 25.6 Å². The molecular formula is C19H23N5O8. The second kappa shape index (κ2) is 10.3. The van der Waals surface area contributed by atoms with Gasteiger partial charge in [0.15, 0.2) is 0 Å². The van der Waals surface area contributed by atoms with Gasteiger partial charge in [0.05, 0.1) is 25.7 Å². The molecule has 2 N–H and O–H groups in total. The summed E-state index contributed by atoms with van der Waals surface area (Å²) in [6.45, 7) is 2.87. The highest BCUT2D eigenvalue weighted by Gasteiger charge is 2.46. The monoisotopic (exact) mass is 449 g/mol. The van der Waals surface area contributed by atoms with Crippen molar-refractivity contribution in [2.45, 2.75) is 44.5 Å². The number of fused-ring (bicyclic) bond motifs is 1. The molecule has 0 unspecified atom stereocenters. The molecule has 1 amide bonds. The number of rotatable bonds is 11. The molecule has 0 aromatic carbocycles. The van der Waals surface area contributed by atoms with Gasteiger partial charge in [-0.15, -0.1) is 5.10 Å². The molecule has 2 aromatic rings. The van der Waals surface area contributed by atoms with Crippen LogP contribution in [0.5, 0.6) is 0 Å². The maximum absolute atomic E-state index is 12.4. The largest absolute Gasteiger partial charge is 0.459 e. The molecule has 2 aromatic heterocycles. The summed E-state index contributed by atoms with van der Waals surface area (Å²) >= 11 is 0. The van der Waals surface area contributed by atoms with Gasteiger partial charge in [-0.05, 0) is 35.2 Å². The zero-order chi connectivity index (χ0) is 23.1. The summed E-state index contributed by atoms with van der Waals surface area (Å²) in [5, 5.41) is 17.1. The first-order valence-electron chi connectivity index (χ1n) is 9.74. The van der Waals surface area contributed by atoms with E-state index in [0.717, 1.165) is 10.9 Å². The topological polar surface area (TPSA) is 167 Å². The molecule has 0 spiro atoms. The smallest absolute Gasteiger partial charge is 0.337 e. The molecule has 1 fully saturated rings. The number of carbonyl (C=O) groups is 3. The van der Waals surface area contributed by atoms with Gasteiger partial charge >= 0.3 is 11.9 Å². The van der Waals surface area contributed by atoms with Crippen LogP contribution < -0.4 is 10.3 Å². The number of hydroxylamine groups is 1. The fourth-order valence-corrected chi connectivity index (χ4v) is 2.77. The molecule has 0 saturated carbocycles. The summed E-state index contributed by atoms with van der Waals surface area (Å²) in [4.78, 5) is 50.8. The molecule has 0 bridgehead atoms. The first-order chi connectivity index (χ1) is 15.3. The van der Waals surface area contributed by atoms with Gasteiger partial charge in [0.2, 0.25) is 5.65 Å². The van der Waals surface area contributed by atoms with Crippen LogP contribution in [-0.2, 0) is 28.7 Å². The normalized spacial score (nSPS) is 19.5. The van der Waals surface area contributed by atoms with Gasteiger partial charge in [0.25, 0.3) is 5.91 Å². The zero-order valence-corrected chi connectivity index (χ0v) is 17.5. The van der Waals surface area contributed by atoms with Gasteiger partial charge in [-0.1, -0.05) is 0 Å². The summed E-state index contributed by atoms with van der Waals surface area (Å²) in [5.41, 5.74) is 2.07. The van der Waals surface area contributed by atoms with Crippen LogP contribution in [0, 0.1) is 0 Å². The number of epoxide rings is 1. The summed E-state index contributed by atoms with van der Waals surface area (Å²) in [6.07, 6.45) is 2.37.